The summed E-state index contributed by atoms with van der Waals surface area (Å²) in [5.74, 6) is -0.0850. The van der Waals surface area contributed by atoms with Crippen molar-refractivity contribution in [2.24, 2.45) is 5.92 Å². The molecule has 1 aromatic rings. The number of hydrogen-bond donors (Lipinski definition) is 0. The Bertz CT molecular complexity index is 453. The van der Waals surface area contributed by atoms with Crippen LogP contribution in [-0.2, 0) is 17.5 Å². The molecular formula is C15H20F3NO. The largest absolute Gasteiger partial charge is 0.416 e. The van der Waals surface area contributed by atoms with Gasteiger partial charge in [-0.05, 0) is 30.5 Å². The summed E-state index contributed by atoms with van der Waals surface area (Å²) in [5, 5.41) is 0. The normalized spacial score (nSPS) is 11.8. The summed E-state index contributed by atoms with van der Waals surface area (Å²) in [6, 6.07) is 5.10. The lowest BCUT2D eigenvalue weighted by atomic mass is 10.0. The van der Waals surface area contributed by atoms with Crippen LogP contribution in [0.1, 0.15) is 37.8 Å². The van der Waals surface area contributed by atoms with Gasteiger partial charge >= 0.3 is 6.18 Å². The molecule has 20 heavy (non-hydrogen) atoms. The Morgan fingerprint density at radius 2 is 1.85 bits per heavy atom. The first kappa shape index (κ1) is 16.5. The minimum absolute atomic E-state index is 0.0209. The lowest BCUT2D eigenvalue weighted by molar-refractivity contribution is -0.137. The van der Waals surface area contributed by atoms with Crippen LogP contribution >= 0.6 is 0 Å². The van der Waals surface area contributed by atoms with Crippen molar-refractivity contribution >= 4 is 5.91 Å². The maximum absolute atomic E-state index is 12.6. The van der Waals surface area contributed by atoms with Gasteiger partial charge in [0.05, 0.1) is 5.56 Å². The smallest absolute Gasteiger partial charge is 0.341 e. The molecule has 0 aliphatic carbocycles. The predicted octanol–water partition coefficient (Wildman–Crippen LogP) is 4.10. The van der Waals surface area contributed by atoms with Crippen molar-refractivity contribution in [1.29, 1.82) is 0 Å². The standard InChI is InChI=1S/C15H20F3NO/c1-4-12(5-2)14(20)19(3)10-11-7-6-8-13(9-11)15(16,17)18/h6-9,12H,4-5,10H2,1-3H3. The fourth-order valence-corrected chi connectivity index (χ4v) is 2.15. The molecule has 0 aromatic heterocycles. The van der Waals surface area contributed by atoms with E-state index in [9.17, 15) is 18.0 Å². The number of benzene rings is 1. The van der Waals surface area contributed by atoms with Crippen molar-refractivity contribution in [3.05, 3.63) is 35.4 Å². The zero-order chi connectivity index (χ0) is 15.3. The van der Waals surface area contributed by atoms with Crippen LogP contribution < -0.4 is 0 Å². The van der Waals surface area contributed by atoms with E-state index in [-0.39, 0.29) is 18.4 Å². The summed E-state index contributed by atoms with van der Waals surface area (Å²) < 4.78 is 37.9. The molecule has 0 aliphatic heterocycles. The topological polar surface area (TPSA) is 20.3 Å². The van der Waals surface area contributed by atoms with Gasteiger partial charge in [0.2, 0.25) is 5.91 Å². The SMILES string of the molecule is CCC(CC)C(=O)N(C)Cc1cccc(C(F)(F)F)c1. The van der Waals surface area contributed by atoms with Gasteiger partial charge in [-0.25, -0.2) is 0 Å². The molecule has 5 heteroatoms. The summed E-state index contributed by atoms with van der Waals surface area (Å²) in [7, 11) is 1.63. The Labute approximate surface area is 117 Å². The van der Waals surface area contributed by atoms with Crippen molar-refractivity contribution in [3.63, 3.8) is 0 Å². The Morgan fingerprint density at radius 1 is 1.25 bits per heavy atom. The van der Waals surface area contributed by atoms with E-state index >= 15 is 0 Å². The zero-order valence-corrected chi connectivity index (χ0v) is 12.0. The molecule has 0 saturated carbocycles. The van der Waals surface area contributed by atoms with E-state index < -0.39 is 11.7 Å². The second kappa shape index (κ2) is 6.77. The van der Waals surface area contributed by atoms with Gasteiger partial charge in [-0.15, -0.1) is 0 Å². The maximum atomic E-state index is 12.6. The molecule has 1 rings (SSSR count). The fourth-order valence-electron chi connectivity index (χ4n) is 2.15. The van der Waals surface area contributed by atoms with Gasteiger partial charge in [0.1, 0.15) is 0 Å². The van der Waals surface area contributed by atoms with Crippen molar-refractivity contribution in [1.82, 2.24) is 4.90 Å². The van der Waals surface area contributed by atoms with Crippen molar-refractivity contribution in [2.75, 3.05) is 7.05 Å². The second-order valence-electron chi connectivity index (χ2n) is 4.91. The van der Waals surface area contributed by atoms with E-state index in [0.717, 1.165) is 25.0 Å². The average Bonchev–Trinajstić information content (AvgIpc) is 2.39. The highest BCUT2D eigenvalue weighted by Gasteiger charge is 2.30. The molecular weight excluding hydrogens is 267 g/mol. The summed E-state index contributed by atoms with van der Waals surface area (Å²) in [5.41, 5.74) is -0.194. The van der Waals surface area contributed by atoms with Gasteiger partial charge < -0.3 is 4.90 Å². The van der Waals surface area contributed by atoms with Crippen LogP contribution in [0.25, 0.3) is 0 Å². The molecule has 0 unspecified atom stereocenters. The van der Waals surface area contributed by atoms with E-state index in [1.807, 2.05) is 13.8 Å². The highest BCUT2D eigenvalue weighted by molar-refractivity contribution is 5.78. The van der Waals surface area contributed by atoms with Crippen molar-refractivity contribution in [3.8, 4) is 0 Å². The van der Waals surface area contributed by atoms with Gasteiger partial charge in [-0.3, -0.25) is 4.79 Å². The van der Waals surface area contributed by atoms with Crippen molar-refractivity contribution in [2.45, 2.75) is 39.4 Å². The quantitative estimate of drug-likeness (QED) is 0.798. The fraction of sp³-hybridized carbons (Fsp3) is 0.533. The van der Waals surface area contributed by atoms with E-state index in [1.54, 1.807) is 13.1 Å². The monoisotopic (exact) mass is 287 g/mol. The Morgan fingerprint density at radius 3 is 2.35 bits per heavy atom. The molecule has 0 N–H and O–H groups in total. The highest BCUT2D eigenvalue weighted by atomic mass is 19.4. The third-order valence-electron chi connectivity index (χ3n) is 3.39. The first-order valence-corrected chi connectivity index (χ1v) is 6.70. The van der Waals surface area contributed by atoms with E-state index in [0.29, 0.717) is 5.56 Å². The Kier molecular flexibility index (Phi) is 5.60. The Balaban J connectivity index is 2.81. The minimum Gasteiger partial charge on any atom is -0.341 e. The number of nitrogens with zero attached hydrogens (tertiary/aromatic N) is 1. The lowest BCUT2D eigenvalue weighted by Crippen LogP contribution is -2.32. The van der Waals surface area contributed by atoms with Crippen LogP contribution in [0.3, 0.4) is 0 Å². The highest BCUT2D eigenvalue weighted by Crippen LogP contribution is 2.29. The van der Waals surface area contributed by atoms with Crippen molar-refractivity contribution < 1.29 is 18.0 Å². The number of hydrogen-bond acceptors (Lipinski definition) is 1. The predicted molar refractivity (Wildman–Crippen MR) is 72.0 cm³/mol. The van der Waals surface area contributed by atoms with Crippen LogP contribution in [0.15, 0.2) is 24.3 Å². The van der Waals surface area contributed by atoms with Crippen LogP contribution in [0.5, 0.6) is 0 Å². The third kappa shape index (κ3) is 4.25. The summed E-state index contributed by atoms with van der Waals surface area (Å²) >= 11 is 0. The molecule has 1 amide bonds. The number of amides is 1. The molecule has 0 atom stereocenters. The zero-order valence-electron chi connectivity index (χ0n) is 12.0. The molecule has 0 saturated heterocycles. The number of alkyl halides is 3. The van der Waals surface area contributed by atoms with Crippen LogP contribution in [0, 0.1) is 5.92 Å². The number of rotatable bonds is 5. The molecule has 0 radical (unpaired) electrons. The molecule has 0 aliphatic rings. The van der Waals surface area contributed by atoms with E-state index in [2.05, 4.69) is 0 Å². The first-order chi connectivity index (χ1) is 9.29. The van der Waals surface area contributed by atoms with Crippen LogP contribution in [0.2, 0.25) is 0 Å². The molecule has 2 nitrogen and oxygen atoms in total. The third-order valence-corrected chi connectivity index (χ3v) is 3.39. The second-order valence-corrected chi connectivity index (χ2v) is 4.91. The maximum Gasteiger partial charge on any atom is 0.416 e. The van der Waals surface area contributed by atoms with Gasteiger partial charge in [0, 0.05) is 19.5 Å². The number of carbonyl (C=O) groups is 1. The van der Waals surface area contributed by atoms with Gasteiger partial charge in [-0.2, -0.15) is 13.2 Å². The van der Waals surface area contributed by atoms with Crippen LogP contribution in [-0.4, -0.2) is 17.9 Å². The van der Waals surface area contributed by atoms with E-state index in [1.165, 1.54) is 11.0 Å². The van der Waals surface area contributed by atoms with Crippen LogP contribution in [0.4, 0.5) is 13.2 Å². The van der Waals surface area contributed by atoms with Gasteiger partial charge in [0.15, 0.2) is 0 Å². The summed E-state index contributed by atoms with van der Waals surface area (Å²) in [6.45, 7) is 4.06. The Hall–Kier alpha value is -1.52. The molecule has 1 aromatic carbocycles. The summed E-state index contributed by atoms with van der Waals surface area (Å²) in [6.07, 6.45) is -2.88. The van der Waals surface area contributed by atoms with Gasteiger partial charge in [-0.1, -0.05) is 26.0 Å². The molecule has 0 fully saturated rings. The minimum atomic E-state index is -4.35. The average molecular weight is 287 g/mol. The molecule has 0 bridgehead atoms. The first-order valence-electron chi connectivity index (χ1n) is 6.70. The number of carbonyl (C=O) groups excluding carboxylic acids is 1. The lowest BCUT2D eigenvalue weighted by Gasteiger charge is -2.22. The number of halogens is 3. The molecule has 112 valence electrons. The molecule has 0 spiro atoms. The van der Waals surface area contributed by atoms with Gasteiger partial charge in [0.25, 0.3) is 0 Å². The van der Waals surface area contributed by atoms with E-state index in [4.69, 9.17) is 0 Å². The molecule has 0 heterocycles. The summed E-state index contributed by atoms with van der Waals surface area (Å²) in [4.78, 5) is 13.6.